The van der Waals surface area contributed by atoms with E-state index < -0.39 is 0 Å². The average Bonchev–Trinajstić information content (AvgIpc) is 3.07. The van der Waals surface area contributed by atoms with Gasteiger partial charge in [0.2, 0.25) is 5.91 Å². The summed E-state index contributed by atoms with van der Waals surface area (Å²) in [4.78, 5) is 17.2. The van der Waals surface area contributed by atoms with Crippen LogP contribution < -0.4 is 5.32 Å². The highest BCUT2D eigenvalue weighted by molar-refractivity contribution is 5.98. The molecule has 1 fully saturated rings. The molecule has 0 spiro atoms. The molecule has 148 valence electrons. The number of carbonyl (C=O) groups excluding carboxylic acids is 1. The number of rotatable bonds is 4. The van der Waals surface area contributed by atoms with Crippen LogP contribution in [0.3, 0.4) is 0 Å². The van der Waals surface area contributed by atoms with Gasteiger partial charge in [0.15, 0.2) is 5.82 Å². The molecule has 28 heavy (non-hydrogen) atoms. The fourth-order valence-electron chi connectivity index (χ4n) is 3.76. The first-order valence-electron chi connectivity index (χ1n) is 10.1. The van der Waals surface area contributed by atoms with Gasteiger partial charge in [0.1, 0.15) is 5.84 Å². The summed E-state index contributed by atoms with van der Waals surface area (Å²) < 4.78 is 1.83. The van der Waals surface area contributed by atoms with E-state index in [0.29, 0.717) is 11.7 Å². The molecule has 3 rings (SSSR count). The van der Waals surface area contributed by atoms with Crippen LogP contribution in [0, 0.1) is 26.7 Å². The van der Waals surface area contributed by atoms with Crippen molar-refractivity contribution in [2.75, 3.05) is 0 Å². The molecule has 1 N–H and O–H groups in total. The topological polar surface area (TPSA) is 59.3 Å². The quantitative estimate of drug-likeness (QED) is 0.588. The molecular weight excluding hydrogens is 348 g/mol. The fraction of sp³-hybridized carbons (Fsp3) is 0.435. The van der Waals surface area contributed by atoms with Crippen LogP contribution >= 0.6 is 0 Å². The second-order valence-electron chi connectivity index (χ2n) is 7.79. The molecule has 0 atom stereocenters. The van der Waals surface area contributed by atoms with E-state index in [4.69, 9.17) is 0 Å². The number of aryl methyl sites for hydroxylation is 3. The lowest BCUT2D eigenvalue weighted by Gasteiger charge is -2.20. The molecule has 1 aliphatic rings. The molecule has 1 saturated carbocycles. The molecule has 1 aromatic heterocycles. The Kier molecular flexibility index (Phi) is 6.12. The number of benzene rings is 1. The van der Waals surface area contributed by atoms with Crippen LogP contribution in [0.15, 0.2) is 29.8 Å². The third kappa shape index (κ3) is 4.41. The molecule has 5 heteroatoms. The minimum Gasteiger partial charge on any atom is -0.314 e. The number of nitrogens with zero attached hydrogens (tertiary/aromatic N) is 3. The largest absolute Gasteiger partial charge is 0.314 e. The summed E-state index contributed by atoms with van der Waals surface area (Å²) in [5, 5.41) is 7.61. The molecule has 0 radical (unpaired) electrons. The van der Waals surface area contributed by atoms with E-state index in [0.717, 1.165) is 42.6 Å². The predicted octanol–water partition coefficient (Wildman–Crippen LogP) is 5.19. The molecule has 1 heterocycles. The molecule has 1 aliphatic carbocycles. The molecule has 0 saturated heterocycles. The maximum absolute atomic E-state index is 12.5. The van der Waals surface area contributed by atoms with Gasteiger partial charge in [-0.25, -0.2) is 9.67 Å². The molecule has 0 unspecified atom stereocenters. The van der Waals surface area contributed by atoms with Crippen molar-refractivity contribution < 1.29 is 4.79 Å². The number of hydrogen-bond donors (Lipinski definition) is 1. The summed E-state index contributed by atoms with van der Waals surface area (Å²) in [6, 6.07) is 6.17. The number of aromatic nitrogens is 2. The summed E-state index contributed by atoms with van der Waals surface area (Å²) in [6.45, 7) is 11.9. The average molecular weight is 379 g/mol. The van der Waals surface area contributed by atoms with Crippen molar-refractivity contribution in [3.05, 3.63) is 47.2 Å². The first-order chi connectivity index (χ1) is 13.4. The van der Waals surface area contributed by atoms with Gasteiger partial charge in [0.25, 0.3) is 0 Å². The van der Waals surface area contributed by atoms with E-state index in [2.05, 4.69) is 54.9 Å². The van der Waals surface area contributed by atoms with Crippen LogP contribution in [0.1, 0.15) is 61.4 Å². The second-order valence-corrected chi connectivity index (χ2v) is 7.79. The minimum absolute atomic E-state index is 0.0818. The van der Waals surface area contributed by atoms with E-state index in [1.807, 2.05) is 17.7 Å². The van der Waals surface area contributed by atoms with Crippen LogP contribution in [0.5, 0.6) is 0 Å². The number of amides is 1. The van der Waals surface area contributed by atoms with Crippen molar-refractivity contribution in [2.24, 2.45) is 10.9 Å². The Morgan fingerprint density at radius 1 is 1.14 bits per heavy atom. The zero-order valence-corrected chi connectivity index (χ0v) is 17.4. The molecule has 2 aromatic rings. The fourth-order valence-corrected chi connectivity index (χ4v) is 3.76. The lowest BCUT2D eigenvalue weighted by Crippen LogP contribution is -2.35. The number of carbonyl (C=O) groups is 1. The lowest BCUT2D eigenvalue weighted by molar-refractivity contribution is -0.124. The van der Waals surface area contributed by atoms with Gasteiger partial charge < -0.3 is 5.32 Å². The van der Waals surface area contributed by atoms with Gasteiger partial charge in [-0.05, 0) is 69.4 Å². The molecule has 0 bridgehead atoms. The smallest absolute Gasteiger partial charge is 0.228 e. The third-order valence-corrected chi connectivity index (χ3v) is 5.52. The highest BCUT2D eigenvalue weighted by Crippen LogP contribution is 2.26. The number of aliphatic imine (C=N–C) groups is 1. The van der Waals surface area contributed by atoms with Crippen molar-refractivity contribution in [3.8, 4) is 5.69 Å². The van der Waals surface area contributed by atoms with Crippen molar-refractivity contribution in [1.82, 2.24) is 15.1 Å². The van der Waals surface area contributed by atoms with Gasteiger partial charge in [-0.3, -0.25) is 4.79 Å². The maximum Gasteiger partial charge on any atom is 0.228 e. The van der Waals surface area contributed by atoms with E-state index in [1.165, 1.54) is 17.5 Å². The first-order valence-corrected chi connectivity index (χ1v) is 10.1. The van der Waals surface area contributed by atoms with E-state index >= 15 is 0 Å². The number of hydrogen-bond acceptors (Lipinski definition) is 3. The van der Waals surface area contributed by atoms with Gasteiger partial charge in [0, 0.05) is 12.0 Å². The number of nitrogens with one attached hydrogen (secondary N) is 1. The van der Waals surface area contributed by atoms with Crippen LogP contribution in [-0.2, 0) is 4.79 Å². The van der Waals surface area contributed by atoms with Crippen LogP contribution in [-0.4, -0.2) is 21.5 Å². The van der Waals surface area contributed by atoms with Crippen LogP contribution in [0.2, 0.25) is 0 Å². The second kappa shape index (κ2) is 8.55. The van der Waals surface area contributed by atoms with E-state index in [9.17, 15) is 4.79 Å². The Morgan fingerprint density at radius 2 is 1.82 bits per heavy atom. The monoisotopic (exact) mass is 378 g/mol. The molecular formula is C23H30N4O. The Balaban J connectivity index is 1.90. The Hall–Kier alpha value is -2.69. The van der Waals surface area contributed by atoms with Crippen LogP contribution in [0.4, 0.5) is 5.82 Å². The first kappa shape index (κ1) is 20.1. The number of amidine groups is 1. The maximum atomic E-state index is 12.5. The van der Waals surface area contributed by atoms with Crippen molar-refractivity contribution in [3.63, 3.8) is 0 Å². The molecule has 5 nitrogen and oxygen atoms in total. The minimum atomic E-state index is 0.0818. The Morgan fingerprint density at radius 3 is 2.50 bits per heavy atom. The van der Waals surface area contributed by atoms with E-state index in [1.54, 1.807) is 6.08 Å². The van der Waals surface area contributed by atoms with Gasteiger partial charge in [-0.1, -0.05) is 31.9 Å². The standard InChI is InChI=1S/C23H30N4O/c1-6-20-14-22(24-18(5)25-23(28)19-10-8-7-9-11-19)27(26-20)21-13-16(3)15(2)12-17(21)4/h6,12-14,19H,1,7-11H2,2-5H3,(H,24,25,28). The summed E-state index contributed by atoms with van der Waals surface area (Å²) in [5.41, 5.74) is 5.32. The summed E-state index contributed by atoms with van der Waals surface area (Å²) >= 11 is 0. The highest BCUT2D eigenvalue weighted by Gasteiger charge is 2.21. The lowest BCUT2D eigenvalue weighted by atomic mass is 9.89. The zero-order valence-electron chi connectivity index (χ0n) is 17.4. The Bertz CT molecular complexity index is 917. The van der Waals surface area contributed by atoms with Gasteiger partial charge in [-0.2, -0.15) is 5.10 Å². The van der Waals surface area contributed by atoms with Gasteiger partial charge in [0.05, 0.1) is 11.4 Å². The molecule has 1 aromatic carbocycles. The van der Waals surface area contributed by atoms with Crippen LogP contribution in [0.25, 0.3) is 11.8 Å². The SMILES string of the molecule is C=Cc1cc(/N=C(\C)NC(=O)C2CCCCC2)n(-c2cc(C)c(C)cc2C)n1. The molecule has 1 amide bonds. The van der Waals surface area contributed by atoms with Gasteiger partial charge >= 0.3 is 0 Å². The van der Waals surface area contributed by atoms with Gasteiger partial charge in [-0.15, -0.1) is 0 Å². The van der Waals surface area contributed by atoms with Crippen molar-refractivity contribution in [2.45, 2.75) is 59.8 Å². The van der Waals surface area contributed by atoms with Crippen molar-refractivity contribution >= 4 is 23.6 Å². The zero-order chi connectivity index (χ0) is 20.3. The van der Waals surface area contributed by atoms with Crippen molar-refractivity contribution in [1.29, 1.82) is 0 Å². The Labute approximate surface area is 167 Å². The summed E-state index contributed by atoms with van der Waals surface area (Å²) in [6.07, 6.45) is 7.15. The summed E-state index contributed by atoms with van der Waals surface area (Å²) in [7, 11) is 0. The third-order valence-electron chi connectivity index (χ3n) is 5.52. The van der Waals surface area contributed by atoms with E-state index in [-0.39, 0.29) is 11.8 Å². The highest BCUT2D eigenvalue weighted by atomic mass is 16.1. The normalized spacial score (nSPS) is 15.5. The predicted molar refractivity (Wildman–Crippen MR) is 115 cm³/mol. The molecule has 0 aliphatic heterocycles. The summed E-state index contributed by atoms with van der Waals surface area (Å²) in [5.74, 6) is 1.46.